The van der Waals surface area contributed by atoms with E-state index in [-0.39, 0.29) is 47.0 Å². The van der Waals surface area contributed by atoms with Crippen molar-refractivity contribution in [2.24, 2.45) is 34.4 Å². The second kappa shape index (κ2) is 40.1. The van der Waals surface area contributed by atoms with Gasteiger partial charge in [0.1, 0.15) is 0 Å². The Morgan fingerprint density at radius 1 is 0.360 bits per heavy atom. The quantitative estimate of drug-likeness (QED) is 0.104. The van der Waals surface area contributed by atoms with Crippen molar-refractivity contribution in [3.05, 3.63) is 0 Å². The zero-order valence-electron chi connectivity index (χ0n) is 11.8. The van der Waals surface area contributed by atoms with Gasteiger partial charge in [0.25, 0.3) is 0 Å². The first kappa shape index (κ1) is 45.2. The molecule has 0 rings (SSSR count). The van der Waals surface area contributed by atoms with E-state index in [2.05, 4.69) is 183 Å². The maximum atomic E-state index is 4.66. The summed E-state index contributed by atoms with van der Waals surface area (Å²) in [5.74, 6) is 0. The van der Waals surface area contributed by atoms with Crippen molar-refractivity contribution in [2.75, 3.05) is 0 Å². The van der Waals surface area contributed by atoms with Gasteiger partial charge in [0.15, 0.2) is 0 Å². The predicted octanol–water partition coefficient (Wildman–Crippen LogP) is -1.34. The molecule has 0 aliphatic carbocycles. The first-order valence-electron chi connectivity index (χ1n) is 4.18. The zero-order valence-corrected chi connectivity index (χ0v) is 23.6. The van der Waals surface area contributed by atoms with Gasteiger partial charge in [-0.3, -0.25) is 0 Å². The van der Waals surface area contributed by atoms with Crippen molar-refractivity contribution >= 4 is 175 Å². The van der Waals surface area contributed by atoms with E-state index in [4.69, 9.17) is 0 Å². The molecule has 0 unspecified atom stereocenters. The largest absolute Gasteiger partial charge is 0.415 e. The average Bonchev–Trinajstić information content (AvgIpc) is 2.08. The standard InChI is InChI=1S/6CH3NS2.Mo/c6*2-1(3)4;/h6*(H3,2,3,4);/p-6. The minimum Gasteiger partial charge on any atom is -0.415 e. The molecular weight excluding hydrogens is 637 g/mol. The third kappa shape index (κ3) is 7600. The SMILES string of the molecule is NC(=S)[S-].NC(=S)[S-].NC(=S)[S-].NC(=S)[S-].NC(=S)[S-].NC(=S)[S-].[Mo]. The molecule has 0 heterocycles. The zero-order chi connectivity index (χ0) is 21.5. The molecule has 0 radical (unpaired) electrons. The van der Waals surface area contributed by atoms with Crippen molar-refractivity contribution in [3.63, 3.8) is 0 Å². The van der Waals surface area contributed by atoms with Crippen molar-refractivity contribution < 1.29 is 21.1 Å². The van der Waals surface area contributed by atoms with Crippen molar-refractivity contribution in [3.8, 4) is 0 Å². The van der Waals surface area contributed by atoms with Crippen LogP contribution in [0.3, 0.4) is 0 Å². The molecule has 0 atom stereocenters. The Balaban J connectivity index is -0.0000000309. The van der Waals surface area contributed by atoms with Gasteiger partial charge >= 0.3 is 0 Å². The second-order valence-electron chi connectivity index (χ2n) is 1.91. The van der Waals surface area contributed by atoms with Crippen molar-refractivity contribution in [1.82, 2.24) is 0 Å². The fraction of sp³-hybridized carbons (Fsp3) is 0. The smallest absolute Gasteiger partial charge is 0 e. The second-order valence-corrected chi connectivity index (χ2v) is 8.74. The van der Waals surface area contributed by atoms with Crippen LogP contribution in [-0.4, -0.2) is 25.9 Å². The molecular formula is C6H12MoN6S12-6. The Morgan fingerprint density at radius 3 is 0.360 bits per heavy atom. The maximum Gasteiger partial charge on any atom is 0 e. The molecule has 0 aliphatic heterocycles. The average molecular weight is 649 g/mol. The molecule has 25 heavy (non-hydrogen) atoms. The van der Waals surface area contributed by atoms with Crippen LogP contribution in [0.1, 0.15) is 0 Å². The number of hydrogen-bond donors (Lipinski definition) is 6. The number of hydrogen-bond acceptors (Lipinski definition) is 12. The summed E-state index contributed by atoms with van der Waals surface area (Å²) in [4.78, 5) is 0. The minimum atomic E-state index is 0. The monoisotopic (exact) mass is 650 g/mol. The van der Waals surface area contributed by atoms with E-state index in [1.165, 1.54) is 0 Å². The van der Waals surface area contributed by atoms with Crippen molar-refractivity contribution in [1.29, 1.82) is 0 Å². The molecule has 0 fully saturated rings. The predicted molar refractivity (Wildman–Crippen MR) is 145 cm³/mol. The van der Waals surface area contributed by atoms with Crippen LogP contribution in [0.15, 0.2) is 0 Å². The van der Waals surface area contributed by atoms with E-state index in [1.54, 1.807) is 0 Å². The molecule has 0 saturated carbocycles. The van der Waals surface area contributed by atoms with E-state index < -0.39 is 0 Å². The van der Waals surface area contributed by atoms with Gasteiger partial charge in [-0.05, 0) is 0 Å². The van der Waals surface area contributed by atoms with Crippen LogP contribution >= 0.6 is 73.3 Å². The number of nitrogens with two attached hydrogens (primary N) is 6. The molecule has 0 amide bonds. The van der Waals surface area contributed by atoms with Crippen LogP contribution in [-0.2, 0) is 96.8 Å². The van der Waals surface area contributed by atoms with Gasteiger partial charge in [-0.15, -0.1) is 0 Å². The van der Waals surface area contributed by atoms with E-state index in [0.717, 1.165) is 0 Å². The summed E-state index contributed by atoms with van der Waals surface area (Å²) in [7, 11) is 0. The van der Waals surface area contributed by atoms with Gasteiger partial charge in [0.2, 0.25) is 0 Å². The third-order valence-corrected chi connectivity index (χ3v) is 0. The molecule has 6 nitrogen and oxygen atoms in total. The molecule has 0 aromatic rings. The van der Waals surface area contributed by atoms with E-state index in [0.29, 0.717) is 0 Å². The molecule has 0 aromatic carbocycles. The van der Waals surface area contributed by atoms with E-state index in [9.17, 15) is 0 Å². The fourth-order valence-corrected chi connectivity index (χ4v) is 0. The summed E-state index contributed by atoms with van der Waals surface area (Å²) in [6.07, 6.45) is 0. The summed E-state index contributed by atoms with van der Waals surface area (Å²) in [5.41, 5.74) is 27.9. The van der Waals surface area contributed by atoms with Crippen LogP contribution in [0.25, 0.3) is 0 Å². The summed E-state index contributed by atoms with van der Waals surface area (Å²) in [6.45, 7) is 0. The van der Waals surface area contributed by atoms with Crippen LogP contribution in [0.4, 0.5) is 0 Å². The van der Waals surface area contributed by atoms with Gasteiger partial charge in [-0.1, -0.05) is 25.9 Å². The van der Waals surface area contributed by atoms with Gasteiger partial charge in [-0.25, -0.2) is 0 Å². The van der Waals surface area contributed by atoms with Gasteiger partial charge < -0.3 is 183 Å². The minimum absolute atomic E-state index is 0. The van der Waals surface area contributed by atoms with E-state index in [1.807, 2.05) is 0 Å². The molecule has 0 spiro atoms. The molecule has 150 valence electrons. The number of rotatable bonds is 0. The van der Waals surface area contributed by atoms with Crippen molar-refractivity contribution in [2.45, 2.75) is 0 Å². The molecule has 19 heteroatoms. The topological polar surface area (TPSA) is 156 Å². The van der Waals surface area contributed by atoms with Gasteiger partial charge in [0.05, 0.1) is 0 Å². The Kier molecular flexibility index (Phi) is 72.6. The van der Waals surface area contributed by atoms with Crippen LogP contribution in [0, 0.1) is 0 Å². The molecule has 0 saturated heterocycles. The fourth-order valence-electron chi connectivity index (χ4n) is 0. The van der Waals surface area contributed by atoms with Crippen LogP contribution in [0.2, 0.25) is 0 Å². The Labute approximate surface area is 227 Å². The van der Waals surface area contributed by atoms with Gasteiger partial charge in [-0.2, -0.15) is 0 Å². The Hall–Kier alpha value is 1.35. The summed E-state index contributed by atoms with van der Waals surface area (Å²) in [6, 6.07) is 0. The molecule has 12 N–H and O–H groups in total. The van der Waals surface area contributed by atoms with Gasteiger partial charge in [0, 0.05) is 21.1 Å². The summed E-state index contributed by atoms with van der Waals surface area (Å²) >= 11 is 49.6. The molecule has 0 bridgehead atoms. The van der Waals surface area contributed by atoms with E-state index >= 15 is 0 Å². The maximum absolute atomic E-state index is 4.66. The van der Waals surface area contributed by atoms with Crippen LogP contribution < -0.4 is 34.4 Å². The third-order valence-electron chi connectivity index (χ3n) is 0. The first-order chi connectivity index (χ1) is 10.4. The Morgan fingerprint density at radius 2 is 0.360 bits per heavy atom. The summed E-state index contributed by atoms with van der Waals surface area (Å²) < 4.78 is 0.500. The summed E-state index contributed by atoms with van der Waals surface area (Å²) in [5, 5.41) is 0. The first-order valence-corrected chi connectivity index (χ1v) is 9.08. The number of thiocarbonyl (C=S) groups is 6. The molecule has 0 aliphatic rings. The molecule has 0 aromatic heterocycles. The normalized spacial score (nSPS) is 5.76. The Bertz CT molecular complexity index is 273. The van der Waals surface area contributed by atoms with Crippen LogP contribution in [0.5, 0.6) is 0 Å².